The van der Waals surface area contributed by atoms with Crippen molar-refractivity contribution in [1.82, 2.24) is 0 Å². The lowest BCUT2D eigenvalue weighted by atomic mass is 10.0. The summed E-state index contributed by atoms with van der Waals surface area (Å²) in [6.07, 6.45) is -3.57. The summed E-state index contributed by atoms with van der Waals surface area (Å²) in [6.45, 7) is 3.54. The van der Waals surface area contributed by atoms with Crippen LogP contribution >= 0.6 is 15.9 Å². The number of aliphatic hydroxyl groups excluding tert-OH is 1. The predicted molar refractivity (Wildman–Crippen MR) is 65.4 cm³/mol. The fourth-order valence-electron chi connectivity index (χ4n) is 1.31. The molecule has 0 aliphatic carbocycles. The summed E-state index contributed by atoms with van der Waals surface area (Å²) in [7, 11) is 0. The number of ether oxygens (including phenoxy) is 1. The number of benzene rings is 1. The molecule has 5 heteroatoms. The van der Waals surface area contributed by atoms with Gasteiger partial charge in [0.15, 0.2) is 0 Å². The van der Waals surface area contributed by atoms with E-state index in [2.05, 4.69) is 20.7 Å². The molecule has 1 rings (SSSR count). The maximum atomic E-state index is 13.6. The average Bonchev–Trinajstić information content (AvgIpc) is 2.31. The zero-order valence-corrected chi connectivity index (χ0v) is 11.2. The minimum Gasteiger partial charge on any atom is -0.464 e. The monoisotopic (exact) mass is 304 g/mol. The van der Waals surface area contributed by atoms with E-state index in [9.17, 15) is 14.3 Å². The van der Waals surface area contributed by atoms with Gasteiger partial charge in [-0.3, -0.25) is 0 Å². The predicted octanol–water partition coefficient (Wildman–Crippen LogP) is 2.69. The summed E-state index contributed by atoms with van der Waals surface area (Å²) >= 11 is 3.28. The minimum atomic E-state index is -2.07. The van der Waals surface area contributed by atoms with Gasteiger partial charge in [-0.25, -0.2) is 9.18 Å². The van der Waals surface area contributed by atoms with Crippen molar-refractivity contribution in [1.29, 1.82) is 0 Å². The Balaban J connectivity index is 2.84. The molecule has 0 aromatic heterocycles. The summed E-state index contributed by atoms with van der Waals surface area (Å²) in [6, 6.07) is 4.91. The molecule has 0 aliphatic heterocycles. The third kappa shape index (κ3) is 3.51. The third-order valence-corrected chi connectivity index (χ3v) is 3.18. The molecule has 0 aliphatic rings. The van der Waals surface area contributed by atoms with Crippen LogP contribution in [0.25, 0.3) is 0 Å². The van der Waals surface area contributed by atoms with E-state index < -0.39 is 18.2 Å². The van der Waals surface area contributed by atoms with Crippen molar-refractivity contribution in [2.24, 2.45) is 0 Å². The van der Waals surface area contributed by atoms with Gasteiger partial charge in [0, 0.05) is 4.47 Å². The molecular weight excluding hydrogens is 291 g/mol. The van der Waals surface area contributed by atoms with Crippen LogP contribution in [0.15, 0.2) is 22.7 Å². The topological polar surface area (TPSA) is 46.5 Å². The largest absolute Gasteiger partial charge is 0.464 e. The quantitative estimate of drug-likeness (QED) is 0.870. The number of hydrogen-bond donors (Lipinski definition) is 1. The Hall–Kier alpha value is -0.940. The molecule has 2 atom stereocenters. The Bertz CT molecular complexity index is 409. The molecule has 17 heavy (non-hydrogen) atoms. The van der Waals surface area contributed by atoms with Crippen molar-refractivity contribution in [3.63, 3.8) is 0 Å². The summed E-state index contributed by atoms with van der Waals surface area (Å²) in [5.74, 6) is -1.04. The number of alkyl halides is 1. The van der Waals surface area contributed by atoms with Crippen LogP contribution < -0.4 is 0 Å². The summed E-state index contributed by atoms with van der Waals surface area (Å²) < 4.78 is 18.8. The number of halogens is 2. The molecule has 0 spiro atoms. The van der Waals surface area contributed by atoms with Gasteiger partial charge in [-0.05, 0) is 31.0 Å². The highest BCUT2D eigenvalue weighted by molar-refractivity contribution is 9.10. The average molecular weight is 305 g/mol. The number of aryl methyl sites for hydroxylation is 1. The van der Waals surface area contributed by atoms with E-state index in [-0.39, 0.29) is 6.61 Å². The molecule has 0 heterocycles. The lowest BCUT2D eigenvalue weighted by Crippen LogP contribution is -2.26. The van der Waals surface area contributed by atoms with Gasteiger partial charge in [0.1, 0.15) is 6.10 Å². The van der Waals surface area contributed by atoms with Crippen molar-refractivity contribution in [2.45, 2.75) is 26.1 Å². The minimum absolute atomic E-state index is 0.0869. The Morgan fingerprint density at radius 3 is 2.76 bits per heavy atom. The highest BCUT2D eigenvalue weighted by atomic mass is 79.9. The van der Waals surface area contributed by atoms with E-state index in [1.807, 2.05) is 6.92 Å². The number of aliphatic hydroxyl groups is 1. The van der Waals surface area contributed by atoms with Crippen molar-refractivity contribution in [2.75, 3.05) is 6.61 Å². The molecule has 3 nitrogen and oxygen atoms in total. The first-order chi connectivity index (χ1) is 7.97. The van der Waals surface area contributed by atoms with Crippen molar-refractivity contribution >= 4 is 21.9 Å². The Labute approximate surface area is 108 Å². The third-order valence-electron chi connectivity index (χ3n) is 2.33. The number of carbonyl (C=O) groups is 1. The van der Waals surface area contributed by atoms with E-state index >= 15 is 0 Å². The van der Waals surface area contributed by atoms with Crippen molar-refractivity contribution in [3.05, 3.63) is 33.8 Å². The van der Waals surface area contributed by atoms with E-state index in [1.165, 1.54) is 0 Å². The molecule has 0 bridgehead atoms. The van der Waals surface area contributed by atoms with Gasteiger partial charge < -0.3 is 9.84 Å². The van der Waals surface area contributed by atoms with Crippen LogP contribution in [0, 0.1) is 6.92 Å². The summed E-state index contributed by atoms with van der Waals surface area (Å²) in [4.78, 5) is 11.1. The number of esters is 1. The van der Waals surface area contributed by atoms with Crippen LogP contribution in [0.2, 0.25) is 0 Å². The molecule has 0 saturated carbocycles. The lowest BCUT2D eigenvalue weighted by molar-refractivity contribution is -0.153. The molecule has 0 fully saturated rings. The lowest BCUT2D eigenvalue weighted by Gasteiger charge is -2.15. The van der Waals surface area contributed by atoms with Gasteiger partial charge in [-0.2, -0.15) is 0 Å². The molecule has 1 aromatic rings. The van der Waals surface area contributed by atoms with Crippen LogP contribution in [-0.2, 0) is 9.53 Å². The molecular formula is C12H14BrFO3. The fourth-order valence-corrected chi connectivity index (χ4v) is 1.71. The van der Waals surface area contributed by atoms with E-state index in [1.54, 1.807) is 25.1 Å². The number of carbonyl (C=O) groups excluding carboxylic acids is 1. The smallest absolute Gasteiger partial charge is 0.343 e. The normalized spacial score (nSPS) is 14.2. The number of hydrogen-bond acceptors (Lipinski definition) is 3. The molecule has 0 radical (unpaired) electrons. The first kappa shape index (κ1) is 14.1. The highest BCUT2D eigenvalue weighted by Gasteiger charge is 2.29. The molecule has 0 saturated heterocycles. The van der Waals surface area contributed by atoms with Crippen LogP contribution in [-0.4, -0.2) is 23.9 Å². The van der Waals surface area contributed by atoms with Crippen LogP contribution in [0.5, 0.6) is 0 Å². The molecule has 1 aromatic carbocycles. The van der Waals surface area contributed by atoms with Crippen LogP contribution in [0.3, 0.4) is 0 Å². The number of rotatable bonds is 4. The highest BCUT2D eigenvalue weighted by Crippen LogP contribution is 2.25. The van der Waals surface area contributed by atoms with E-state index in [0.29, 0.717) is 5.56 Å². The molecule has 94 valence electrons. The van der Waals surface area contributed by atoms with Gasteiger partial charge in [-0.15, -0.1) is 0 Å². The summed E-state index contributed by atoms with van der Waals surface area (Å²) in [5, 5.41) is 9.70. The van der Waals surface area contributed by atoms with Crippen molar-refractivity contribution < 1.29 is 19.0 Å². The van der Waals surface area contributed by atoms with Crippen LogP contribution in [0.4, 0.5) is 4.39 Å². The van der Waals surface area contributed by atoms with Gasteiger partial charge in [-0.1, -0.05) is 28.1 Å². The SMILES string of the molecule is CCOC(=O)C(F)C(O)c1ccc(C)c(Br)c1. The van der Waals surface area contributed by atoms with E-state index in [0.717, 1.165) is 10.0 Å². The Kier molecular flexibility index (Phi) is 5.08. The zero-order valence-electron chi connectivity index (χ0n) is 9.61. The first-order valence-corrected chi connectivity index (χ1v) is 6.01. The second kappa shape index (κ2) is 6.12. The molecule has 2 unspecified atom stereocenters. The van der Waals surface area contributed by atoms with Gasteiger partial charge in [0.05, 0.1) is 6.61 Å². The van der Waals surface area contributed by atoms with E-state index in [4.69, 9.17) is 0 Å². The first-order valence-electron chi connectivity index (χ1n) is 5.22. The second-order valence-corrected chi connectivity index (χ2v) is 4.46. The maximum absolute atomic E-state index is 13.6. The van der Waals surface area contributed by atoms with Crippen LogP contribution in [0.1, 0.15) is 24.2 Å². The zero-order chi connectivity index (χ0) is 13.0. The Morgan fingerprint density at radius 2 is 2.24 bits per heavy atom. The summed E-state index contributed by atoms with van der Waals surface area (Å²) in [5.41, 5.74) is 1.30. The van der Waals surface area contributed by atoms with Gasteiger partial charge in [0.25, 0.3) is 0 Å². The van der Waals surface area contributed by atoms with Gasteiger partial charge in [0.2, 0.25) is 6.17 Å². The molecule has 1 N–H and O–H groups in total. The van der Waals surface area contributed by atoms with Crippen molar-refractivity contribution in [3.8, 4) is 0 Å². The Morgan fingerprint density at radius 1 is 1.59 bits per heavy atom. The van der Waals surface area contributed by atoms with Gasteiger partial charge >= 0.3 is 5.97 Å². The maximum Gasteiger partial charge on any atom is 0.343 e. The standard InChI is InChI=1S/C12H14BrFO3/c1-3-17-12(16)10(14)11(15)8-5-4-7(2)9(13)6-8/h4-6,10-11,15H,3H2,1-2H3. The fraction of sp³-hybridized carbons (Fsp3) is 0.417. The molecule has 0 amide bonds. The second-order valence-electron chi connectivity index (χ2n) is 3.61.